The molecule has 1 fully saturated rings. The molecular formula is C17H22N4O3S. The molecule has 0 bridgehead atoms. The summed E-state index contributed by atoms with van der Waals surface area (Å²) < 4.78 is 30.1. The van der Waals surface area contributed by atoms with Gasteiger partial charge in [-0.1, -0.05) is 6.07 Å². The van der Waals surface area contributed by atoms with Crippen molar-refractivity contribution in [1.29, 1.82) is 0 Å². The van der Waals surface area contributed by atoms with Gasteiger partial charge in [-0.15, -0.1) is 0 Å². The number of hydrogen-bond donors (Lipinski definition) is 0. The molecule has 2 aromatic rings. The molecule has 7 nitrogen and oxygen atoms in total. The summed E-state index contributed by atoms with van der Waals surface area (Å²) in [5.41, 5.74) is 1.02. The van der Waals surface area contributed by atoms with Gasteiger partial charge in [-0.3, -0.25) is 4.98 Å². The molecule has 25 heavy (non-hydrogen) atoms. The zero-order chi connectivity index (χ0) is 17.9. The number of anilines is 1. The molecule has 0 aliphatic carbocycles. The van der Waals surface area contributed by atoms with Crippen LogP contribution in [-0.2, 0) is 21.2 Å². The van der Waals surface area contributed by atoms with Crippen molar-refractivity contribution in [2.75, 3.05) is 24.2 Å². The highest BCUT2D eigenvalue weighted by Gasteiger charge is 2.26. The minimum absolute atomic E-state index is 0.0247. The third-order valence-electron chi connectivity index (χ3n) is 4.14. The minimum atomic E-state index is -3.39. The van der Waals surface area contributed by atoms with E-state index in [4.69, 9.17) is 4.74 Å². The number of piperidine rings is 1. The molecule has 0 unspecified atom stereocenters. The summed E-state index contributed by atoms with van der Waals surface area (Å²) in [5, 5.41) is 0. The number of nitrogens with zero attached hydrogens (tertiary/aromatic N) is 4. The molecule has 1 atom stereocenters. The maximum atomic E-state index is 12.1. The van der Waals surface area contributed by atoms with Gasteiger partial charge in [-0.05, 0) is 31.4 Å². The normalized spacial score (nSPS) is 18.3. The number of pyridine rings is 1. The summed E-state index contributed by atoms with van der Waals surface area (Å²) in [6, 6.07) is 3.86. The lowest BCUT2D eigenvalue weighted by molar-refractivity contribution is 0.0312. The molecule has 1 saturated heterocycles. The first-order valence-electron chi connectivity index (χ1n) is 8.22. The Balaban J connectivity index is 1.74. The predicted molar refractivity (Wildman–Crippen MR) is 94.1 cm³/mol. The van der Waals surface area contributed by atoms with Crippen molar-refractivity contribution < 1.29 is 13.2 Å². The van der Waals surface area contributed by atoms with Crippen LogP contribution in [0.15, 0.2) is 35.6 Å². The van der Waals surface area contributed by atoms with Gasteiger partial charge >= 0.3 is 0 Å². The third kappa shape index (κ3) is 4.52. The Bertz CT molecular complexity index is 827. The standard InChI is InChI=1S/C17H22N4O3S/c1-13-19-10-16(25(2,22)23)17(20-13)21-8-4-6-15(11-21)24-12-14-5-3-7-18-9-14/h3,5,7,9-10,15H,4,6,8,11-12H2,1-2H3/t15-/m1/s1. The molecule has 3 heterocycles. The second kappa shape index (κ2) is 7.45. The Kier molecular flexibility index (Phi) is 5.29. The average molecular weight is 362 g/mol. The van der Waals surface area contributed by atoms with Gasteiger partial charge in [-0.2, -0.15) is 0 Å². The van der Waals surface area contributed by atoms with Crippen molar-refractivity contribution in [1.82, 2.24) is 15.0 Å². The number of ether oxygens (including phenoxy) is 1. The summed E-state index contributed by atoms with van der Waals surface area (Å²) in [5.74, 6) is 1.03. The lowest BCUT2D eigenvalue weighted by Gasteiger charge is -2.34. The van der Waals surface area contributed by atoms with Crippen LogP contribution in [0.25, 0.3) is 0 Å². The second-order valence-corrected chi connectivity index (χ2v) is 8.24. The molecule has 0 aromatic carbocycles. The van der Waals surface area contributed by atoms with Crippen LogP contribution >= 0.6 is 0 Å². The Morgan fingerprint density at radius 2 is 2.20 bits per heavy atom. The topological polar surface area (TPSA) is 85.3 Å². The fraction of sp³-hybridized carbons (Fsp3) is 0.471. The summed E-state index contributed by atoms with van der Waals surface area (Å²) in [7, 11) is -3.39. The van der Waals surface area contributed by atoms with Gasteiger partial charge in [0.1, 0.15) is 10.7 Å². The largest absolute Gasteiger partial charge is 0.372 e. The van der Waals surface area contributed by atoms with Crippen molar-refractivity contribution in [3.05, 3.63) is 42.1 Å². The van der Waals surface area contributed by atoms with E-state index >= 15 is 0 Å². The Hall–Kier alpha value is -2.06. The predicted octanol–water partition coefficient (Wildman–Crippen LogP) is 1.77. The van der Waals surface area contributed by atoms with Crippen LogP contribution in [0.1, 0.15) is 24.2 Å². The number of sulfone groups is 1. The van der Waals surface area contributed by atoms with Crippen molar-refractivity contribution in [3.63, 3.8) is 0 Å². The first kappa shape index (κ1) is 17.8. The SMILES string of the molecule is Cc1ncc(S(C)(=O)=O)c(N2CCC[C@@H](OCc3cccnc3)C2)n1. The molecule has 0 saturated carbocycles. The third-order valence-corrected chi connectivity index (χ3v) is 5.23. The van der Waals surface area contributed by atoms with Crippen LogP contribution < -0.4 is 4.90 Å². The van der Waals surface area contributed by atoms with Gasteiger partial charge in [0.15, 0.2) is 15.7 Å². The van der Waals surface area contributed by atoms with Crippen LogP contribution in [0.4, 0.5) is 5.82 Å². The van der Waals surface area contributed by atoms with Crippen molar-refractivity contribution in [2.24, 2.45) is 0 Å². The van der Waals surface area contributed by atoms with Gasteiger partial charge in [0.25, 0.3) is 0 Å². The molecule has 3 rings (SSSR count). The smallest absolute Gasteiger partial charge is 0.180 e. The van der Waals surface area contributed by atoms with Gasteiger partial charge in [0, 0.05) is 31.7 Å². The molecule has 0 amide bonds. The molecule has 134 valence electrons. The molecule has 8 heteroatoms. The molecule has 0 radical (unpaired) electrons. The van der Waals surface area contributed by atoms with E-state index < -0.39 is 9.84 Å². The van der Waals surface area contributed by atoms with Crippen LogP contribution in [0.3, 0.4) is 0 Å². The Labute approximate surface area is 148 Å². The first-order valence-corrected chi connectivity index (χ1v) is 10.1. The van der Waals surface area contributed by atoms with E-state index in [9.17, 15) is 8.42 Å². The maximum Gasteiger partial charge on any atom is 0.180 e. The van der Waals surface area contributed by atoms with E-state index in [0.717, 1.165) is 24.9 Å². The maximum absolute atomic E-state index is 12.1. The van der Waals surface area contributed by atoms with E-state index in [0.29, 0.717) is 24.8 Å². The van der Waals surface area contributed by atoms with Crippen molar-refractivity contribution >= 4 is 15.7 Å². The Morgan fingerprint density at radius 1 is 1.36 bits per heavy atom. The molecule has 2 aromatic heterocycles. The molecule has 1 aliphatic heterocycles. The lowest BCUT2D eigenvalue weighted by Crippen LogP contribution is -2.41. The van der Waals surface area contributed by atoms with Gasteiger partial charge in [0.05, 0.1) is 18.9 Å². The monoisotopic (exact) mass is 362 g/mol. The lowest BCUT2D eigenvalue weighted by atomic mass is 10.1. The van der Waals surface area contributed by atoms with Crippen molar-refractivity contribution in [2.45, 2.75) is 37.4 Å². The number of rotatable bonds is 5. The van der Waals surface area contributed by atoms with Gasteiger partial charge < -0.3 is 9.64 Å². The van der Waals surface area contributed by atoms with Crippen LogP contribution in [0.2, 0.25) is 0 Å². The highest BCUT2D eigenvalue weighted by Crippen LogP contribution is 2.26. The molecule has 1 aliphatic rings. The van der Waals surface area contributed by atoms with E-state index in [1.165, 1.54) is 12.5 Å². The first-order chi connectivity index (χ1) is 11.9. The highest BCUT2D eigenvalue weighted by molar-refractivity contribution is 7.90. The molecule has 0 N–H and O–H groups in total. The Morgan fingerprint density at radius 3 is 2.92 bits per heavy atom. The molecule has 0 spiro atoms. The van der Waals surface area contributed by atoms with E-state index in [1.807, 2.05) is 17.0 Å². The summed E-state index contributed by atoms with van der Waals surface area (Å²) in [4.78, 5) is 14.7. The number of aromatic nitrogens is 3. The van der Waals surface area contributed by atoms with Gasteiger partial charge in [0.2, 0.25) is 0 Å². The molecular weight excluding hydrogens is 340 g/mol. The van der Waals surface area contributed by atoms with Gasteiger partial charge in [-0.25, -0.2) is 18.4 Å². The van der Waals surface area contributed by atoms with E-state index in [2.05, 4.69) is 15.0 Å². The van der Waals surface area contributed by atoms with E-state index in [1.54, 1.807) is 19.3 Å². The average Bonchev–Trinajstić information content (AvgIpc) is 2.60. The fourth-order valence-electron chi connectivity index (χ4n) is 2.90. The fourth-order valence-corrected chi connectivity index (χ4v) is 3.65. The summed E-state index contributed by atoms with van der Waals surface area (Å²) in [6.07, 6.45) is 7.99. The number of hydrogen-bond acceptors (Lipinski definition) is 7. The van der Waals surface area contributed by atoms with Crippen LogP contribution in [0.5, 0.6) is 0 Å². The van der Waals surface area contributed by atoms with Crippen LogP contribution in [-0.4, -0.2) is 48.8 Å². The van der Waals surface area contributed by atoms with Crippen molar-refractivity contribution in [3.8, 4) is 0 Å². The highest BCUT2D eigenvalue weighted by atomic mass is 32.2. The summed E-state index contributed by atoms with van der Waals surface area (Å²) in [6.45, 7) is 3.62. The second-order valence-electron chi connectivity index (χ2n) is 6.26. The zero-order valence-corrected chi connectivity index (χ0v) is 15.2. The van der Waals surface area contributed by atoms with E-state index in [-0.39, 0.29) is 11.0 Å². The summed E-state index contributed by atoms with van der Waals surface area (Å²) >= 11 is 0. The van der Waals surface area contributed by atoms with Crippen LogP contribution in [0, 0.1) is 6.92 Å². The minimum Gasteiger partial charge on any atom is -0.372 e. The number of aryl methyl sites for hydroxylation is 1. The zero-order valence-electron chi connectivity index (χ0n) is 14.4. The quantitative estimate of drug-likeness (QED) is 0.801.